The average Bonchev–Trinajstić information content (AvgIpc) is 3.31. The number of aliphatic carboxylic acids is 1. The van der Waals surface area contributed by atoms with E-state index in [1.165, 1.54) is 6.07 Å². The minimum Gasteiger partial charge on any atom is -0.491 e. The maximum atomic E-state index is 13.3. The second kappa shape index (κ2) is 5.30. The fraction of sp³-hybridized carbons (Fsp3) is 0.562. The molecule has 1 atom stereocenters. The van der Waals surface area contributed by atoms with Crippen molar-refractivity contribution in [2.24, 2.45) is 5.92 Å². The van der Waals surface area contributed by atoms with Crippen LogP contribution in [-0.2, 0) is 4.79 Å². The molecule has 0 spiro atoms. The van der Waals surface area contributed by atoms with E-state index in [1.807, 2.05) is 0 Å². The minimum atomic E-state index is -1.01. The van der Waals surface area contributed by atoms with E-state index in [0.29, 0.717) is 17.4 Å². The predicted molar refractivity (Wildman–Crippen MR) is 75.9 cm³/mol. The van der Waals surface area contributed by atoms with Crippen molar-refractivity contribution in [2.75, 3.05) is 6.61 Å². The van der Waals surface area contributed by atoms with Gasteiger partial charge in [-0.1, -0.05) is 0 Å². The molecule has 0 heterocycles. The molecule has 0 radical (unpaired) electrons. The third-order valence-corrected chi connectivity index (χ3v) is 4.29. The number of carbonyl (C=O) groups is 1. The van der Waals surface area contributed by atoms with Crippen LogP contribution in [0.25, 0.3) is 0 Å². The molecule has 2 saturated carbocycles. The molecule has 0 aliphatic heterocycles. The molecule has 1 aromatic carbocycles. The van der Waals surface area contributed by atoms with Gasteiger partial charge >= 0.3 is 5.97 Å². The van der Waals surface area contributed by atoms with Crippen molar-refractivity contribution in [3.8, 4) is 5.75 Å². The third-order valence-electron chi connectivity index (χ3n) is 4.29. The Morgan fingerprint density at radius 2 is 2.14 bits per heavy atom. The van der Waals surface area contributed by atoms with Gasteiger partial charge in [-0.25, -0.2) is 4.39 Å². The first-order valence-corrected chi connectivity index (χ1v) is 7.41. The number of hydrogen-bond donors (Lipinski definition) is 2. The van der Waals surface area contributed by atoms with Crippen molar-refractivity contribution in [1.82, 2.24) is 5.32 Å². The highest BCUT2D eigenvalue weighted by atomic mass is 19.1. The van der Waals surface area contributed by atoms with E-state index in [2.05, 4.69) is 5.32 Å². The fourth-order valence-electron chi connectivity index (χ4n) is 2.65. The fourth-order valence-corrected chi connectivity index (χ4v) is 2.65. The number of ether oxygens (including phenoxy) is 1. The Morgan fingerprint density at radius 1 is 1.43 bits per heavy atom. The lowest BCUT2D eigenvalue weighted by molar-refractivity contribution is -0.147. The number of nitrogens with one attached hydrogen (secondary N) is 1. The van der Waals surface area contributed by atoms with Crippen molar-refractivity contribution < 1.29 is 19.0 Å². The Hall–Kier alpha value is -1.62. The summed E-state index contributed by atoms with van der Waals surface area (Å²) >= 11 is 0. The van der Waals surface area contributed by atoms with Crippen LogP contribution in [0.2, 0.25) is 0 Å². The average molecular weight is 293 g/mol. The number of aryl methyl sites for hydroxylation is 1. The van der Waals surface area contributed by atoms with Gasteiger partial charge in [0.1, 0.15) is 18.2 Å². The maximum Gasteiger partial charge on any atom is 0.327 e. The zero-order valence-corrected chi connectivity index (χ0v) is 12.1. The lowest BCUT2D eigenvalue weighted by Gasteiger charge is -2.31. The molecule has 1 aromatic rings. The Balaban J connectivity index is 1.74. The molecule has 5 heteroatoms. The van der Waals surface area contributed by atoms with Crippen LogP contribution in [0.5, 0.6) is 5.75 Å². The molecule has 2 fully saturated rings. The second-order valence-electron chi connectivity index (χ2n) is 6.17. The van der Waals surface area contributed by atoms with Crippen LogP contribution in [0.1, 0.15) is 31.2 Å². The summed E-state index contributed by atoms with van der Waals surface area (Å²) in [5.74, 6) is -0.504. The molecule has 0 saturated heterocycles. The zero-order chi connectivity index (χ0) is 15.0. The van der Waals surface area contributed by atoms with Gasteiger partial charge in [0.2, 0.25) is 0 Å². The van der Waals surface area contributed by atoms with Crippen molar-refractivity contribution >= 4 is 5.97 Å². The molecule has 0 bridgehead atoms. The Kier molecular flexibility index (Phi) is 3.61. The van der Waals surface area contributed by atoms with Crippen molar-refractivity contribution in [2.45, 2.75) is 44.2 Å². The van der Waals surface area contributed by atoms with Gasteiger partial charge in [-0.3, -0.25) is 10.1 Å². The highest BCUT2D eigenvalue weighted by Gasteiger charge is 2.54. The van der Waals surface area contributed by atoms with Crippen LogP contribution in [0, 0.1) is 18.7 Å². The number of halogens is 1. The first-order chi connectivity index (χ1) is 10.0. The Morgan fingerprint density at radius 3 is 2.67 bits per heavy atom. The number of carboxylic acid groups (broad SMARTS) is 1. The molecule has 4 nitrogen and oxygen atoms in total. The summed E-state index contributed by atoms with van der Waals surface area (Å²) < 4.78 is 18.9. The second-order valence-corrected chi connectivity index (χ2v) is 6.17. The largest absolute Gasteiger partial charge is 0.491 e. The maximum absolute atomic E-state index is 13.3. The van der Waals surface area contributed by atoms with Gasteiger partial charge in [0, 0.05) is 6.04 Å². The Bertz CT molecular complexity index is 554. The van der Waals surface area contributed by atoms with Gasteiger partial charge in [-0.15, -0.1) is 0 Å². The molecule has 2 aliphatic carbocycles. The molecule has 0 amide bonds. The number of benzene rings is 1. The predicted octanol–water partition coefficient (Wildman–Crippen LogP) is 2.50. The van der Waals surface area contributed by atoms with Crippen LogP contribution >= 0.6 is 0 Å². The summed E-state index contributed by atoms with van der Waals surface area (Å²) in [5, 5.41) is 12.9. The molecule has 0 aromatic heterocycles. The van der Waals surface area contributed by atoms with Gasteiger partial charge in [0.05, 0.1) is 0 Å². The van der Waals surface area contributed by atoms with Gasteiger partial charge in [0.25, 0.3) is 0 Å². The van der Waals surface area contributed by atoms with Crippen LogP contribution in [0.15, 0.2) is 18.2 Å². The van der Waals surface area contributed by atoms with E-state index in [4.69, 9.17) is 4.74 Å². The lowest BCUT2D eigenvalue weighted by atomic mass is 9.94. The number of carboxylic acids is 1. The molecule has 3 rings (SSSR count). The van der Waals surface area contributed by atoms with Gasteiger partial charge in [-0.05, 0) is 62.3 Å². The summed E-state index contributed by atoms with van der Waals surface area (Å²) in [5.41, 5.74) is -0.515. The van der Waals surface area contributed by atoms with E-state index in [-0.39, 0.29) is 18.3 Å². The standard InChI is InChI=1S/C16H20FNO3/c1-10-8-13(6-7-14(10)17)21-9-16(15(19)20,11-2-3-11)18-12-4-5-12/h6-8,11-12,18H,2-5,9H2,1H3,(H,19,20). The molecule has 21 heavy (non-hydrogen) atoms. The summed E-state index contributed by atoms with van der Waals surface area (Å²) in [6, 6.07) is 4.78. The van der Waals surface area contributed by atoms with Gasteiger partial charge in [0.15, 0.2) is 5.54 Å². The first kappa shape index (κ1) is 14.3. The molecule has 114 valence electrons. The van der Waals surface area contributed by atoms with E-state index in [1.54, 1.807) is 19.1 Å². The first-order valence-electron chi connectivity index (χ1n) is 7.41. The van der Waals surface area contributed by atoms with E-state index < -0.39 is 11.5 Å². The highest BCUT2D eigenvalue weighted by Crippen LogP contribution is 2.42. The van der Waals surface area contributed by atoms with Crippen LogP contribution < -0.4 is 10.1 Å². The number of rotatable bonds is 7. The van der Waals surface area contributed by atoms with E-state index >= 15 is 0 Å². The SMILES string of the molecule is Cc1cc(OCC(NC2CC2)(C(=O)O)C2CC2)ccc1F. The van der Waals surface area contributed by atoms with Crippen molar-refractivity contribution in [3.05, 3.63) is 29.6 Å². The molecular weight excluding hydrogens is 273 g/mol. The third kappa shape index (κ3) is 3.02. The molecule has 2 N–H and O–H groups in total. The quantitative estimate of drug-likeness (QED) is 0.811. The minimum absolute atomic E-state index is 0.0779. The van der Waals surface area contributed by atoms with E-state index in [0.717, 1.165) is 25.7 Å². The van der Waals surface area contributed by atoms with E-state index in [9.17, 15) is 14.3 Å². The summed E-state index contributed by atoms with van der Waals surface area (Å²) in [7, 11) is 0. The summed E-state index contributed by atoms with van der Waals surface area (Å²) in [6.07, 6.45) is 3.88. The monoisotopic (exact) mass is 293 g/mol. The van der Waals surface area contributed by atoms with Crippen molar-refractivity contribution in [1.29, 1.82) is 0 Å². The van der Waals surface area contributed by atoms with Crippen LogP contribution in [0.3, 0.4) is 0 Å². The number of hydrogen-bond acceptors (Lipinski definition) is 3. The van der Waals surface area contributed by atoms with Gasteiger partial charge < -0.3 is 9.84 Å². The molecular formula is C16H20FNO3. The van der Waals surface area contributed by atoms with Crippen LogP contribution in [-0.4, -0.2) is 29.3 Å². The zero-order valence-electron chi connectivity index (χ0n) is 12.1. The summed E-state index contributed by atoms with van der Waals surface area (Å²) in [6.45, 7) is 1.74. The van der Waals surface area contributed by atoms with Gasteiger partial charge in [-0.2, -0.15) is 0 Å². The topological polar surface area (TPSA) is 58.6 Å². The summed E-state index contributed by atoms with van der Waals surface area (Å²) in [4.78, 5) is 11.8. The highest BCUT2D eigenvalue weighted by molar-refractivity contribution is 5.80. The normalized spacial score (nSPS) is 20.9. The molecule has 2 aliphatic rings. The van der Waals surface area contributed by atoms with Crippen molar-refractivity contribution in [3.63, 3.8) is 0 Å². The molecule has 1 unspecified atom stereocenters. The van der Waals surface area contributed by atoms with Crippen LogP contribution in [0.4, 0.5) is 4.39 Å². The Labute approximate surface area is 123 Å². The smallest absolute Gasteiger partial charge is 0.327 e. The lowest BCUT2D eigenvalue weighted by Crippen LogP contribution is -2.59.